The zero-order valence-electron chi connectivity index (χ0n) is 13.4. The van der Waals surface area contributed by atoms with Gasteiger partial charge in [0.2, 0.25) is 0 Å². The number of nitrogens with zero attached hydrogens (tertiary/aromatic N) is 2. The highest BCUT2D eigenvalue weighted by atomic mass is 15.3. The van der Waals surface area contributed by atoms with E-state index < -0.39 is 0 Å². The fraction of sp³-hybridized carbons (Fsp3) is 1.00. The maximum absolute atomic E-state index is 3.42. The Hall–Kier alpha value is -0.120. The Morgan fingerprint density at radius 3 is 2.47 bits per heavy atom. The van der Waals surface area contributed by atoms with Crippen LogP contribution >= 0.6 is 0 Å². The van der Waals surface area contributed by atoms with Crippen LogP contribution in [0.15, 0.2) is 0 Å². The summed E-state index contributed by atoms with van der Waals surface area (Å²) in [5.74, 6) is 0. The molecular formula is C16H33N3. The number of rotatable bonds is 5. The highest BCUT2D eigenvalue weighted by Crippen LogP contribution is 2.26. The van der Waals surface area contributed by atoms with Crippen molar-refractivity contribution in [2.75, 3.05) is 39.8 Å². The third-order valence-corrected chi connectivity index (χ3v) is 5.39. The van der Waals surface area contributed by atoms with E-state index in [0.717, 1.165) is 6.04 Å². The van der Waals surface area contributed by atoms with Crippen LogP contribution in [0.5, 0.6) is 0 Å². The van der Waals surface area contributed by atoms with Crippen molar-refractivity contribution in [1.29, 1.82) is 0 Å². The average Bonchev–Trinajstić information content (AvgIpc) is 2.86. The van der Waals surface area contributed by atoms with Gasteiger partial charge in [0.25, 0.3) is 0 Å². The first-order valence-electron chi connectivity index (χ1n) is 8.16. The average molecular weight is 267 g/mol. The Kier molecular flexibility index (Phi) is 5.27. The molecule has 1 N–H and O–H groups in total. The van der Waals surface area contributed by atoms with Crippen LogP contribution in [0.25, 0.3) is 0 Å². The lowest BCUT2D eigenvalue weighted by atomic mass is 9.85. The molecule has 0 aromatic rings. The molecule has 0 spiro atoms. The van der Waals surface area contributed by atoms with E-state index in [1.54, 1.807) is 0 Å². The van der Waals surface area contributed by atoms with Crippen molar-refractivity contribution >= 4 is 0 Å². The van der Waals surface area contributed by atoms with Gasteiger partial charge in [-0.25, -0.2) is 0 Å². The largest absolute Gasteiger partial charge is 0.317 e. The van der Waals surface area contributed by atoms with Gasteiger partial charge in [-0.3, -0.25) is 4.90 Å². The van der Waals surface area contributed by atoms with Crippen molar-refractivity contribution in [2.24, 2.45) is 5.41 Å². The van der Waals surface area contributed by atoms with Gasteiger partial charge in [0, 0.05) is 25.2 Å². The molecule has 3 nitrogen and oxygen atoms in total. The second kappa shape index (κ2) is 6.55. The lowest BCUT2D eigenvalue weighted by molar-refractivity contribution is 0.137. The van der Waals surface area contributed by atoms with E-state index in [9.17, 15) is 0 Å². The van der Waals surface area contributed by atoms with E-state index >= 15 is 0 Å². The summed E-state index contributed by atoms with van der Waals surface area (Å²) in [4.78, 5) is 5.44. The molecule has 2 aliphatic rings. The van der Waals surface area contributed by atoms with Crippen LogP contribution in [-0.4, -0.2) is 61.7 Å². The van der Waals surface area contributed by atoms with Crippen LogP contribution in [0.4, 0.5) is 0 Å². The molecule has 2 rings (SSSR count). The molecule has 0 radical (unpaired) electrons. The van der Waals surface area contributed by atoms with Gasteiger partial charge in [0.15, 0.2) is 0 Å². The quantitative estimate of drug-likeness (QED) is 0.824. The molecule has 0 aliphatic carbocycles. The third kappa shape index (κ3) is 3.93. The Labute approximate surface area is 119 Å². The normalized spacial score (nSPS) is 28.7. The molecule has 0 amide bonds. The maximum Gasteiger partial charge on any atom is 0.0235 e. The van der Waals surface area contributed by atoms with Crippen molar-refractivity contribution in [1.82, 2.24) is 15.1 Å². The summed E-state index contributed by atoms with van der Waals surface area (Å²) in [6, 6.07) is 1.41. The van der Waals surface area contributed by atoms with Crippen molar-refractivity contribution in [2.45, 2.75) is 58.5 Å². The van der Waals surface area contributed by atoms with E-state index in [0.29, 0.717) is 11.5 Å². The van der Waals surface area contributed by atoms with Gasteiger partial charge in [0.05, 0.1) is 0 Å². The minimum atomic E-state index is 0.353. The molecule has 2 atom stereocenters. The van der Waals surface area contributed by atoms with E-state index in [1.807, 2.05) is 0 Å². The van der Waals surface area contributed by atoms with Gasteiger partial charge in [-0.05, 0) is 58.3 Å². The third-order valence-electron chi connectivity index (χ3n) is 5.39. The number of hydrogen-bond donors (Lipinski definition) is 1. The predicted molar refractivity (Wildman–Crippen MR) is 82.6 cm³/mol. The summed E-state index contributed by atoms with van der Waals surface area (Å²) in [5, 5.41) is 3.42. The smallest absolute Gasteiger partial charge is 0.0235 e. The highest BCUT2D eigenvalue weighted by Gasteiger charge is 2.33. The molecule has 0 bridgehead atoms. The molecule has 0 aromatic heterocycles. The summed E-state index contributed by atoms with van der Waals surface area (Å²) < 4.78 is 0. The van der Waals surface area contributed by atoms with Gasteiger partial charge in [0.1, 0.15) is 0 Å². The van der Waals surface area contributed by atoms with Gasteiger partial charge < -0.3 is 10.2 Å². The first kappa shape index (κ1) is 15.3. The van der Waals surface area contributed by atoms with Crippen molar-refractivity contribution in [3.63, 3.8) is 0 Å². The molecule has 19 heavy (non-hydrogen) atoms. The molecule has 3 heteroatoms. The number of hydrogen-bond acceptors (Lipinski definition) is 3. The zero-order valence-corrected chi connectivity index (χ0v) is 13.4. The van der Waals surface area contributed by atoms with Gasteiger partial charge in [-0.1, -0.05) is 20.3 Å². The van der Waals surface area contributed by atoms with Crippen LogP contribution in [0.2, 0.25) is 0 Å². The fourth-order valence-electron chi connectivity index (χ4n) is 3.64. The molecular weight excluding hydrogens is 234 g/mol. The second-order valence-corrected chi connectivity index (χ2v) is 7.27. The van der Waals surface area contributed by atoms with E-state index in [4.69, 9.17) is 0 Å². The first-order valence-corrected chi connectivity index (χ1v) is 8.16. The minimum absolute atomic E-state index is 0.353. The summed E-state index contributed by atoms with van der Waals surface area (Å²) in [7, 11) is 2.08. The van der Waals surface area contributed by atoms with Crippen molar-refractivity contribution in [3.8, 4) is 0 Å². The fourth-order valence-corrected chi connectivity index (χ4v) is 3.64. The Morgan fingerprint density at radius 1 is 1.16 bits per heavy atom. The number of nitrogens with one attached hydrogen (secondary N) is 1. The monoisotopic (exact) mass is 267 g/mol. The number of piperidine rings is 1. The lowest BCUT2D eigenvalue weighted by Gasteiger charge is -2.36. The Balaban J connectivity index is 1.81. The van der Waals surface area contributed by atoms with Gasteiger partial charge in [-0.2, -0.15) is 0 Å². The van der Waals surface area contributed by atoms with Crippen LogP contribution in [0, 0.1) is 5.41 Å². The SMILES string of the molecule is CNC(C)C(C)(C)CN1CCC(N2CCCCC2)C1. The van der Waals surface area contributed by atoms with E-state index in [-0.39, 0.29) is 0 Å². The maximum atomic E-state index is 3.42. The summed E-state index contributed by atoms with van der Waals surface area (Å²) >= 11 is 0. The molecule has 2 fully saturated rings. The molecule has 2 aliphatic heterocycles. The Morgan fingerprint density at radius 2 is 1.84 bits per heavy atom. The zero-order chi connectivity index (χ0) is 13.9. The first-order chi connectivity index (χ1) is 9.03. The number of likely N-dealkylation sites (tertiary alicyclic amines) is 2. The van der Waals surface area contributed by atoms with Crippen LogP contribution in [0.1, 0.15) is 46.5 Å². The standard InChI is InChI=1S/C16H33N3/c1-14(17-4)16(2,3)13-18-11-8-15(12-18)19-9-6-5-7-10-19/h14-15,17H,5-13H2,1-4H3. The van der Waals surface area contributed by atoms with E-state index in [1.165, 1.54) is 58.4 Å². The summed E-state index contributed by atoms with van der Waals surface area (Å²) in [6.45, 7) is 13.6. The molecule has 2 heterocycles. The van der Waals surface area contributed by atoms with Crippen LogP contribution < -0.4 is 5.32 Å². The molecule has 2 unspecified atom stereocenters. The summed E-state index contributed by atoms with van der Waals surface area (Å²) in [5.41, 5.74) is 0.353. The Bertz CT molecular complexity index is 271. The van der Waals surface area contributed by atoms with Crippen LogP contribution in [-0.2, 0) is 0 Å². The molecule has 2 saturated heterocycles. The molecule has 0 saturated carbocycles. The van der Waals surface area contributed by atoms with Gasteiger partial charge in [-0.15, -0.1) is 0 Å². The lowest BCUT2D eigenvalue weighted by Crippen LogP contribution is -2.46. The van der Waals surface area contributed by atoms with Crippen LogP contribution in [0.3, 0.4) is 0 Å². The van der Waals surface area contributed by atoms with Crippen molar-refractivity contribution in [3.05, 3.63) is 0 Å². The van der Waals surface area contributed by atoms with Gasteiger partial charge >= 0.3 is 0 Å². The second-order valence-electron chi connectivity index (χ2n) is 7.27. The minimum Gasteiger partial charge on any atom is -0.317 e. The summed E-state index contributed by atoms with van der Waals surface area (Å²) in [6.07, 6.45) is 5.65. The van der Waals surface area contributed by atoms with Crippen molar-refractivity contribution < 1.29 is 0 Å². The predicted octanol–water partition coefficient (Wildman–Crippen LogP) is 2.18. The van der Waals surface area contributed by atoms with E-state index in [2.05, 4.69) is 42.9 Å². The highest BCUT2D eigenvalue weighted by molar-refractivity contribution is 4.89. The topological polar surface area (TPSA) is 18.5 Å². The molecule has 0 aromatic carbocycles. The molecule has 112 valence electrons.